The van der Waals surface area contributed by atoms with Crippen molar-refractivity contribution in [2.45, 2.75) is 33.4 Å². The molecule has 2 N–H and O–H groups in total. The van der Waals surface area contributed by atoms with Crippen molar-refractivity contribution in [2.24, 2.45) is 4.99 Å². The summed E-state index contributed by atoms with van der Waals surface area (Å²) in [6, 6.07) is 12.4. The number of para-hydroxylation sites is 1. The van der Waals surface area contributed by atoms with E-state index < -0.39 is 0 Å². The molecule has 0 aliphatic heterocycles. The molecule has 0 aromatic heterocycles. The summed E-state index contributed by atoms with van der Waals surface area (Å²) in [7, 11) is 1.66. The lowest BCUT2D eigenvalue weighted by molar-refractivity contribution is -0.385. The summed E-state index contributed by atoms with van der Waals surface area (Å²) in [5.41, 5.74) is 1.68. The van der Waals surface area contributed by atoms with Crippen molar-refractivity contribution in [3.05, 3.63) is 63.7 Å². The van der Waals surface area contributed by atoms with Crippen LogP contribution in [0.15, 0.2) is 47.5 Å². The van der Waals surface area contributed by atoms with E-state index in [1.165, 1.54) is 6.07 Å². The maximum absolute atomic E-state index is 11.2. The van der Waals surface area contributed by atoms with Crippen LogP contribution in [-0.2, 0) is 6.54 Å². The fourth-order valence-corrected chi connectivity index (χ4v) is 2.84. The van der Waals surface area contributed by atoms with E-state index in [1.54, 1.807) is 25.2 Å². The van der Waals surface area contributed by atoms with Crippen molar-refractivity contribution in [1.29, 1.82) is 0 Å². The molecule has 2 aromatic carbocycles. The summed E-state index contributed by atoms with van der Waals surface area (Å²) < 4.78 is 11.3. The van der Waals surface area contributed by atoms with Gasteiger partial charge < -0.3 is 20.1 Å². The third-order valence-electron chi connectivity index (χ3n) is 4.28. The first-order valence-electron chi connectivity index (χ1n) is 9.59. The van der Waals surface area contributed by atoms with Crippen molar-refractivity contribution in [3.63, 3.8) is 0 Å². The number of hydrogen-bond donors (Lipinski definition) is 2. The second-order valence-corrected chi connectivity index (χ2v) is 6.25. The van der Waals surface area contributed by atoms with Crippen LogP contribution in [0.1, 0.15) is 37.9 Å². The van der Waals surface area contributed by atoms with Gasteiger partial charge in [0, 0.05) is 25.2 Å². The van der Waals surface area contributed by atoms with E-state index in [4.69, 9.17) is 9.47 Å². The number of guanidine groups is 1. The first-order chi connectivity index (χ1) is 14.0. The Balaban J connectivity index is 2.07. The number of nitro groups is 1. The molecule has 0 aliphatic carbocycles. The third kappa shape index (κ3) is 6.10. The van der Waals surface area contributed by atoms with Crippen molar-refractivity contribution < 1.29 is 14.4 Å². The molecule has 156 valence electrons. The van der Waals surface area contributed by atoms with Gasteiger partial charge in [-0.25, -0.2) is 0 Å². The minimum Gasteiger partial charge on any atom is -0.490 e. The van der Waals surface area contributed by atoms with E-state index in [2.05, 4.69) is 15.6 Å². The van der Waals surface area contributed by atoms with Gasteiger partial charge in [0.25, 0.3) is 5.69 Å². The molecule has 0 saturated heterocycles. The number of nitrogens with one attached hydrogen (secondary N) is 2. The zero-order valence-corrected chi connectivity index (χ0v) is 17.3. The first kappa shape index (κ1) is 22.0. The van der Waals surface area contributed by atoms with Crippen LogP contribution in [0.3, 0.4) is 0 Å². The van der Waals surface area contributed by atoms with Gasteiger partial charge in [-0.1, -0.05) is 24.3 Å². The van der Waals surface area contributed by atoms with Gasteiger partial charge in [-0.15, -0.1) is 0 Å². The Bertz CT molecular complexity index is 854. The van der Waals surface area contributed by atoms with Crippen molar-refractivity contribution in [3.8, 4) is 11.5 Å². The molecule has 8 nitrogen and oxygen atoms in total. The summed E-state index contributed by atoms with van der Waals surface area (Å²) in [4.78, 5) is 15.0. The number of rotatable bonds is 9. The van der Waals surface area contributed by atoms with Crippen LogP contribution in [0.5, 0.6) is 11.5 Å². The molecule has 0 spiro atoms. The van der Waals surface area contributed by atoms with Gasteiger partial charge in [0.2, 0.25) is 0 Å². The average molecular weight is 400 g/mol. The first-order valence-corrected chi connectivity index (χ1v) is 9.59. The third-order valence-corrected chi connectivity index (χ3v) is 4.28. The SMILES string of the molecule is CCOc1ccc(C(C)NC(=NC)NCc2ccccc2[N+](=O)[O-])cc1OCC. The summed E-state index contributed by atoms with van der Waals surface area (Å²) in [6.07, 6.45) is 0. The zero-order valence-electron chi connectivity index (χ0n) is 17.3. The topological polar surface area (TPSA) is 98.0 Å². The van der Waals surface area contributed by atoms with Gasteiger partial charge in [-0.3, -0.25) is 15.1 Å². The monoisotopic (exact) mass is 400 g/mol. The lowest BCUT2D eigenvalue weighted by Gasteiger charge is -2.20. The lowest BCUT2D eigenvalue weighted by Crippen LogP contribution is -2.38. The van der Waals surface area contributed by atoms with Crippen molar-refractivity contribution in [1.82, 2.24) is 10.6 Å². The van der Waals surface area contributed by atoms with Gasteiger partial charge in [0.05, 0.1) is 24.2 Å². The van der Waals surface area contributed by atoms with Crippen LogP contribution in [-0.4, -0.2) is 31.1 Å². The molecule has 1 unspecified atom stereocenters. The van der Waals surface area contributed by atoms with E-state index in [0.717, 1.165) is 5.56 Å². The highest BCUT2D eigenvalue weighted by Gasteiger charge is 2.15. The van der Waals surface area contributed by atoms with Crippen LogP contribution in [0.4, 0.5) is 5.69 Å². The molecule has 2 aromatic rings. The van der Waals surface area contributed by atoms with Gasteiger partial charge in [0.1, 0.15) is 0 Å². The molecule has 2 rings (SSSR count). The van der Waals surface area contributed by atoms with Crippen LogP contribution in [0.25, 0.3) is 0 Å². The quantitative estimate of drug-likeness (QED) is 0.287. The second-order valence-electron chi connectivity index (χ2n) is 6.25. The molecule has 29 heavy (non-hydrogen) atoms. The van der Waals surface area contributed by atoms with Crippen LogP contribution in [0, 0.1) is 10.1 Å². The fraction of sp³-hybridized carbons (Fsp3) is 0.381. The van der Waals surface area contributed by atoms with Gasteiger partial charge in [0.15, 0.2) is 17.5 Å². The van der Waals surface area contributed by atoms with E-state index in [-0.39, 0.29) is 23.2 Å². The number of nitro benzene ring substituents is 1. The molecule has 0 fully saturated rings. The van der Waals surface area contributed by atoms with E-state index in [1.807, 2.05) is 39.0 Å². The molecular weight excluding hydrogens is 372 g/mol. The minimum atomic E-state index is -0.384. The summed E-state index contributed by atoms with van der Waals surface area (Å²) in [6.45, 7) is 7.26. The lowest BCUT2D eigenvalue weighted by atomic mass is 10.1. The van der Waals surface area contributed by atoms with E-state index in [0.29, 0.717) is 36.2 Å². The van der Waals surface area contributed by atoms with Crippen LogP contribution < -0.4 is 20.1 Å². The standard InChI is InChI=1S/C21H28N4O4/c1-5-28-19-12-11-16(13-20(19)29-6-2)15(3)24-21(22-4)23-14-17-9-7-8-10-18(17)25(26)27/h7-13,15H,5-6,14H2,1-4H3,(H2,22,23,24). The molecule has 0 bridgehead atoms. The Kier molecular flexibility index (Phi) is 8.27. The summed E-state index contributed by atoms with van der Waals surface area (Å²) >= 11 is 0. The molecule has 1 atom stereocenters. The number of benzene rings is 2. The van der Waals surface area contributed by atoms with Gasteiger partial charge in [-0.05, 0) is 38.5 Å². The maximum Gasteiger partial charge on any atom is 0.274 e. The number of aliphatic imine (C=N–C) groups is 1. The van der Waals surface area contributed by atoms with Gasteiger partial charge in [-0.2, -0.15) is 0 Å². The highest BCUT2D eigenvalue weighted by molar-refractivity contribution is 5.80. The molecule has 0 heterocycles. The maximum atomic E-state index is 11.2. The highest BCUT2D eigenvalue weighted by Crippen LogP contribution is 2.30. The van der Waals surface area contributed by atoms with Crippen molar-refractivity contribution >= 4 is 11.6 Å². The number of ether oxygens (including phenoxy) is 2. The van der Waals surface area contributed by atoms with E-state index in [9.17, 15) is 10.1 Å². The van der Waals surface area contributed by atoms with Crippen LogP contribution >= 0.6 is 0 Å². The highest BCUT2D eigenvalue weighted by atomic mass is 16.6. The molecule has 0 saturated carbocycles. The predicted molar refractivity (Wildman–Crippen MR) is 114 cm³/mol. The minimum absolute atomic E-state index is 0.0677. The molecule has 8 heteroatoms. The zero-order chi connectivity index (χ0) is 21.2. The van der Waals surface area contributed by atoms with Gasteiger partial charge >= 0.3 is 0 Å². The molecule has 0 aliphatic rings. The predicted octanol–water partition coefficient (Wildman–Crippen LogP) is 3.82. The Morgan fingerprint density at radius 2 is 1.83 bits per heavy atom. The largest absolute Gasteiger partial charge is 0.490 e. The fourth-order valence-electron chi connectivity index (χ4n) is 2.84. The molecule has 0 amide bonds. The number of hydrogen-bond acceptors (Lipinski definition) is 5. The molecule has 0 radical (unpaired) electrons. The van der Waals surface area contributed by atoms with Crippen molar-refractivity contribution in [2.75, 3.05) is 20.3 Å². The Morgan fingerprint density at radius 1 is 1.14 bits per heavy atom. The Hall–Kier alpha value is -3.29. The van der Waals surface area contributed by atoms with E-state index >= 15 is 0 Å². The van der Waals surface area contributed by atoms with Crippen LogP contribution in [0.2, 0.25) is 0 Å². The Labute approximate surface area is 171 Å². The Morgan fingerprint density at radius 3 is 2.48 bits per heavy atom. The normalized spacial score (nSPS) is 12.2. The smallest absolute Gasteiger partial charge is 0.274 e. The molecular formula is C21H28N4O4. The average Bonchev–Trinajstić information content (AvgIpc) is 2.72. The second kappa shape index (κ2) is 10.9. The summed E-state index contributed by atoms with van der Waals surface area (Å²) in [5.74, 6) is 1.95. The summed E-state index contributed by atoms with van der Waals surface area (Å²) in [5, 5.41) is 17.6. The number of nitrogens with zero attached hydrogens (tertiary/aromatic N) is 2.